The first-order chi connectivity index (χ1) is 8.58. The average Bonchev–Trinajstić information content (AvgIpc) is 2.39. The summed E-state index contributed by atoms with van der Waals surface area (Å²) in [5, 5.41) is 10.7. The zero-order valence-electron chi connectivity index (χ0n) is 10.5. The first-order valence-electron chi connectivity index (χ1n) is 5.38. The summed E-state index contributed by atoms with van der Waals surface area (Å²) < 4.78 is 0. The minimum absolute atomic E-state index is 0. The normalized spacial score (nSPS) is 9.58. The Kier molecular flexibility index (Phi) is 5.15. The number of aromatic nitrogens is 1. The fourth-order valence-corrected chi connectivity index (χ4v) is 1.56. The molecule has 0 amide bonds. The van der Waals surface area contributed by atoms with Gasteiger partial charge in [0.2, 0.25) is 0 Å². The fraction of sp³-hybridized carbons (Fsp3) is 0.154. The Morgan fingerprint density at radius 3 is 2.68 bits per heavy atom. The van der Waals surface area contributed by atoms with Crippen LogP contribution >= 0.6 is 0 Å². The van der Waals surface area contributed by atoms with Crippen molar-refractivity contribution in [3.63, 3.8) is 0 Å². The molecule has 1 radical (unpaired) electrons. The van der Waals surface area contributed by atoms with Crippen LogP contribution in [0.3, 0.4) is 0 Å². The van der Waals surface area contributed by atoms with Crippen LogP contribution in [0.2, 0.25) is 0 Å². The molecule has 2 rings (SSSR count). The Morgan fingerprint density at radius 2 is 2.05 bits per heavy atom. The second-order valence-electron chi connectivity index (χ2n) is 4.01. The van der Waals surface area contributed by atoms with Gasteiger partial charge in [0.05, 0.1) is 0 Å². The molecule has 0 aliphatic carbocycles. The zero-order chi connectivity index (χ0) is 13.1. The maximum Gasteiger partial charge on any atom is 0.192 e. The van der Waals surface area contributed by atoms with Crippen LogP contribution in [0, 0.1) is 16.2 Å². The summed E-state index contributed by atoms with van der Waals surface area (Å²) in [7, 11) is 3.85. The Labute approximate surface area is 124 Å². The number of nitro benzene ring substituents is 1. The summed E-state index contributed by atoms with van der Waals surface area (Å²) in [6.07, 6.45) is 1.68. The number of rotatable bonds is 3. The maximum absolute atomic E-state index is 10.7. The molecule has 2 aromatic rings. The third kappa shape index (κ3) is 3.59. The summed E-state index contributed by atoms with van der Waals surface area (Å²) in [6, 6.07) is 11.1. The van der Waals surface area contributed by atoms with E-state index in [1.54, 1.807) is 6.20 Å². The predicted molar refractivity (Wildman–Crippen MR) is 69.5 cm³/mol. The Hall–Kier alpha value is -1.78. The van der Waals surface area contributed by atoms with Crippen LogP contribution in [0.4, 0.5) is 11.4 Å². The van der Waals surface area contributed by atoms with Gasteiger partial charge in [0.1, 0.15) is 0 Å². The number of anilines is 1. The van der Waals surface area contributed by atoms with Crippen LogP contribution in [-0.2, 0) is 20.1 Å². The van der Waals surface area contributed by atoms with E-state index >= 15 is 0 Å². The number of nitro groups is 1. The van der Waals surface area contributed by atoms with Gasteiger partial charge in [0.25, 0.3) is 0 Å². The second kappa shape index (κ2) is 6.40. The fourth-order valence-electron chi connectivity index (χ4n) is 1.56. The van der Waals surface area contributed by atoms with E-state index in [9.17, 15) is 10.1 Å². The van der Waals surface area contributed by atoms with Gasteiger partial charge < -0.3 is 9.88 Å². The van der Waals surface area contributed by atoms with E-state index in [-0.39, 0.29) is 25.8 Å². The standard InChI is InChI=1S/C13H12N3O2.Ir/c1-15(2)11-6-7-14-13(9-11)10-4-3-5-12(8-10)16(17)18;/h3,5-9H,1-2H3;/q-1;. The molecule has 0 atom stereocenters. The van der Waals surface area contributed by atoms with Crippen LogP contribution < -0.4 is 4.90 Å². The van der Waals surface area contributed by atoms with E-state index in [4.69, 9.17) is 0 Å². The molecule has 0 N–H and O–H groups in total. The quantitative estimate of drug-likeness (QED) is 0.423. The molecule has 0 saturated carbocycles. The van der Waals surface area contributed by atoms with Gasteiger partial charge in [-0.3, -0.25) is 10.1 Å². The third-order valence-electron chi connectivity index (χ3n) is 2.53. The van der Waals surface area contributed by atoms with Gasteiger partial charge in [-0.15, -0.1) is 17.7 Å². The smallest absolute Gasteiger partial charge is 0.192 e. The first-order valence-corrected chi connectivity index (χ1v) is 5.38. The van der Waals surface area contributed by atoms with Crippen LogP contribution in [0.5, 0.6) is 0 Å². The molecule has 0 spiro atoms. The summed E-state index contributed by atoms with van der Waals surface area (Å²) in [4.78, 5) is 16.5. The first kappa shape index (κ1) is 15.3. The molecule has 19 heavy (non-hydrogen) atoms. The van der Waals surface area contributed by atoms with E-state index in [1.165, 1.54) is 18.2 Å². The van der Waals surface area contributed by atoms with E-state index in [0.29, 0.717) is 11.3 Å². The summed E-state index contributed by atoms with van der Waals surface area (Å²) >= 11 is 0. The Balaban J connectivity index is 0.00000180. The van der Waals surface area contributed by atoms with Crippen LogP contribution in [-0.4, -0.2) is 24.0 Å². The number of hydrogen-bond donors (Lipinski definition) is 0. The van der Waals surface area contributed by atoms with E-state index in [1.807, 2.05) is 31.1 Å². The SMILES string of the molecule is CN(C)c1ccnc(-c2[c-]ccc([N+](=O)[O-])c2)c1.[Ir]. The van der Waals surface area contributed by atoms with Gasteiger partial charge in [0.15, 0.2) is 5.69 Å². The van der Waals surface area contributed by atoms with Gasteiger partial charge in [-0.1, -0.05) is 18.2 Å². The van der Waals surface area contributed by atoms with Crippen molar-refractivity contribution in [3.8, 4) is 11.3 Å². The number of non-ortho nitro benzene ring substituents is 1. The van der Waals surface area contributed by atoms with Gasteiger partial charge in [0, 0.05) is 51.0 Å². The van der Waals surface area contributed by atoms with Gasteiger partial charge in [-0.05, 0) is 11.8 Å². The van der Waals surface area contributed by atoms with Crippen molar-refractivity contribution in [2.45, 2.75) is 0 Å². The molecule has 0 aliphatic heterocycles. The Morgan fingerprint density at radius 1 is 1.32 bits per heavy atom. The van der Waals surface area contributed by atoms with Crippen molar-refractivity contribution in [1.29, 1.82) is 0 Å². The molecule has 1 aromatic heterocycles. The number of pyridine rings is 1. The maximum atomic E-state index is 10.7. The summed E-state index contributed by atoms with van der Waals surface area (Å²) in [6.45, 7) is 0. The van der Waals surface area contributed by atoms with Gasteiger partial charge in [-0.2, -0.15) is 0 Å². The predicted octanol–water partition coefficient (Wildman–Crippen LogP) is 2.52. The molecule has 1 heterocycles. The second-order valence-corrected chi connectivity index (χ2v) is 4.01. The number of hydrogen-bond acceptors (Lipinski definition) is 4. The zero-order valence-corrected chi connectivity index (χ0v) is 12.9. The molecule has 0 bridgehead atoms. The number of nitrogens with zero attached hydrogens (tertiary/aromatic N) is 3. The van der Waals surface area contributed by atoms with Crippen LogP contribution in [0.1, 0.15) is 0 Å². The van der Waals surface area contributed by atoms with E-state index < -0.39 is 4.92 Å². The molecular formula is C13H12IrN3O2-. The van der Waals surface area contributed by atoms with Crippen molar-refractivity contribution in [3.05, 3.63) is 52.7 Å². The van der Waals surface area contributed by atoms with Crippen molar-refractivity contribution >= 4 is 11.4 Å². The molecule has 6 heteroatoms. The molecule has 0 unspecified atom stereocenters. The minimum Gasteiger partial charge on any atom is -0.378 e. The van der Waals surface area contributed by atoms with Crippen molar-refractivity contribution in [2.75, 3.05) is 19.0 Å². The molecule has 0 saturated heterocycles. The van der Waals surface area contributed by atoms with Crippen molar-refractivity contribution in [1.82, 2.24) is 4.98 Å². The largest absolute Gasteiger partial charge is 0.378 e. The average molecular weight is 434 g/mol. The minimum atomic E-state index is -0.423. The topological polar surface area (TPSA) is 59.3 Å². The summed E-state index contributed by atoms with van der Waals surface area (Å²) in [5.74, 6) is 0. The molecule has 0 fully saturated rings. The van der Waals surface area contributed by atoms with E-state index in [2.05, 4.69) is 11.1 Å². The monoisotopic (exact) mass is 435 g/mol. The molecule has 0 aliphatic rings. The summed E-state index contributed by atoms with van der Waals surface area (Å²) in [5.41, 5.74) is 2.32. The van der Waals surface area contributed by atoms with Gasteiger partial charge in [-0.25, -0.2) is 0 Å². The molecule has 101 valence electrons. The van der Waals surface area contributed by atoms with Crippen molar-refractivity contribution < 1.29 is 25.0 Å². The van der Waals surface area contributed by atoms with Gasteiger partial charge >= 0.3 is 0 Å². The van der Waals surface area contributed by atoms with E-state index in [0.717, 1.165) is 5.69 Å². The third-order valence-corrected chi connectivity index (χ3v) is 2.53. The molecule has 1 aromatic carbocycles. The molecule has 5 nitrogen and oxygen atoms in total. The van der Waals surface area contributed by atoms with Crippen LogP contribution in [0.15, 0.2) is 36.5 Å². The van der Waals surface area contributed by atoms with Crippen LogP contribution in [0.25, 0.3) is 11.3 Å². The molecular weight excluding hydrogens is 422 g/mol. The number of benzene rings is 1. The van der Waals surface area contributed by atoms with Crippen molar-refractivity contribution in [2.24, 2.45) is 0 Å². The Bertz CT molecular complexity index is 588.